The maximum atomic E-state index is 13.0. The van der Waals surface area contributed by atoms with Gasteiger partial charge in [-0.1, -0.05) is 23.5 Å². The number of halogens is 1. The summed E-state index contributed by atoms with van der Waals surface area (Å²) < 4.78 is 14.8. The number of imidazole rings is 1. The average Bonchev–Trinajstić information content (AvgIpc) is 3.20. The zero-order valence-corrected chi connectivity index (χ0v) is 14.9. The molecule has 4 nitrogen and oxygen atoms in total. The van der Waals surface area contributed by atoms with Crippen LogP contribution in [-0.2, 0) is 6.42 Å². The van der Waals surface area contributed by atoms with Crippen molar-refractivity contribution in [1.82, 2.24) is 14.3 Å². The first-order valence-corrected chi connectivity index (χ1v) is 9.31. The van der Waals surface area contributed by atoms with Crippen molar-refractivity contribution in [3.63, 3.8) is 0 Å². The van der Waals surface area contributed by atoms with Gasteiger partial charge in [-0.2, -0.15) is 0 Å². The van der Waals surface area contributed by atoms with E-state index in [9.17, 15) is 9.18 Å². The topological polar surface area (TPSA) is 37.6 Å². The third kappa shape index (κ3) is 3.18. The molecule has 1 aliphatic heterocycles. The number of hydrogen-bond acceptors (Lipinski definition) is 3. The Bertz CT molecular complexity index is 891. The van der Waals surface area contributed by atoms with Gasteiger partial charge >= 0.3 is 0 Å². The zero-order chi connectivity index (χ0) is 17.4. The molecular formula is C19H19FN3OS. The van der Waals surface area contributed by atoms with E-state index in [4.69, 9.17) is 0 Å². The fraction of sp³-hybridized carbons (Fsp3) is 0.368. The molecule has 0 N–H and O–H groups in total. The first kappa shape index (κ1) is 16.3. The number of likely N-dealkylation sites (tertiary alicyclic amines) is 1. The number of benzene rings is 1. The molecule has 6 heteroatoms. The van der Waals surface area contributed by atoms with E-state index in [0.717, 1.165) is 53.4 Å². The van der Waals surface area contributed by atoms with Crippen LogP contribution in [0.3, 0.4) is 0 Å². The number of hydrogen-bond donors (Lipinski definition) is 0. The van der Waals surface area contributed by atoms with Crippen LogP contribution < -0.4 is 0 Å². The minimum atomic E-state index is -0.195. The summed E-state index contributed by atoms with van der Waals surface area (Å²) >= 11 is 1.43. The molecule has 1 saturated heterocycles. The molecule has 0 atom stereocenters. The van der Waals surface area contributed by atoms with Crippen molar-refractivity contribution < 1.29 is 9.18 Å². The second-order valence-electron chi connectivity index (χ2n) is 6.59. The molecule has 0 saturated carbocycles. The fourth-order valence-electron chi connectivity index (χ4n) is 3.47. The van der Waals surface area contributed by atoms with Crippen molar-refractivity contribution in [3.05, 3.63) is 58.6 Å². The second kappa shape index (κ2) is 6.59. The van der Waals surface area contributed by atoms with Crippen molar-refractivity contribution in [3.8, 4) is 0 Å². The summed E-state index contributed by atoms with van der Waals surface area (Å²) in [5.41, 5.74) is 2.08. The van der Waals surface area contributed by atoms with Gasteiger partial charge in [0.05, 0.1) is 12.4 Å². The Balaban J connectivity index is 1.39. The third-order valence-corrected chi connectivity index (χ3v) is 6.09. The number of fused-ring (bicyclic) bond motifs is 1. The lowest BCUT2D eigenvalue weighted by Crippen LogP contribution is -2.38. The van der Waals surface area contributed by atoms with Gasteiger partial charge < -0.3 is 4.90 Å². The SMILES string of the molecule is Cc1c(C(=O)N2CCC(Cc3ccc(F)cc3)CC2)sc2nc[c]n12. The van der Waals surface area contributed by atoms with E-state index in [1.165, 1.54) is 23.5 Å². The Morgan fingerprint density at radius 1 is 1.32 bits per heavy atom. The van der Waals surface area contributed by atoms with E-state index >= 15 is 0 Å². The molecule has 129 valence electrons. The van der Waals surface area contributed by atoms with Gasteiger partial charge in [0.15, 0.2) is 4.96 Å². The number of aromatic nitrogens is 2. The number of thiazole rings is 1. The van der Waals surface area contributed by atoms with Crippen LogP contribution in [0.1, 0.15) is 33.8 Å². The molecule has 3 aromatic rings. The van der Waals surface area contributed by atoms with E-state index in [2.05, 4.69) is 11.2 Å². The predicted molar refractivity (Wildman–Crippen MR) is 95.4 cm³/mol. The van der Waals surface area contributed by atoms with Gasteiger partial charge in [0, 0.05) is 18.8 Å². The first-order valence-electron chi connectivity index (χ1n) is 8.50. The second-order valence-corrected chi connectivity index (χ2v) is 7.57. The van der Waals surface area contributed by atoms with Crippen LogP contribution >= 0.6 is 11.3 Å². The number of rotatable bonds is 3. The van der Waals surface area contributed by atoms with Crippen LogP contribution in [0, 0.1) is 24.9 Å². The van der Waals surface area contributed by atoms with E-state index in [1.807, 2.05) is 28.4 Å². The number of carbonyl (C=O) groups excluding carboxylic acids is 1. The van der Waals surface area contributed by atoms with E-state index < -0.39 is 0 Å². The normalized spacial score (nSPS) is 15.8. The molecule has 1 fully saturated rings. The Kier molecular flexibility index (Phi) is 4.29. The molecule has 2 aromatic heterocycles. The van der Waals surface area contributed by atoms with Gasteiger partial charge in [0.1, 0.15) is 10.7 Å². The maximum Gasteiger partial charge on any atom is 0.265 e. The first-order chi connectivity index (χ1) is 12.1. The van der Waals surface area contributed by atoms with Crippen molar-refractivity contribution >= 4 is 22.2 Å². The van der Waals surface area contributed by atoms with Crippen molar-refractivity contribution in [1.29, 1.82) is 0 Å². The smallest absolute Gasteiger partial charge is 0.265 e. The fourth-order valence-corrected chi connectivity index (χ4v) is 4.49. The average molecular weight is 356 g/mol. The quantitative estimate of drug-likeness (QED) is 0.717. The molecule has 1 aliphatic rings. The Hall–Kier alpha value is -2.21. The molecule has 3 heterocycles. The van der Waals surface area contributed by atoms with E-state index in [1.54, 1.807) is 6.20 Å². The van der Waals surface area contributed by atoms with Gasteiger partial charge in [-0.25, -0.2) is 9.37 Å². The highest BCUT2D eigenvalue weighted by molar-refractivity contribution is 7.19. The number of nitrogens with zero attached hydrogens (tertiary/aromatic N) is 3. The minimum absolute atomic E-state index is 0.0987. The number of aryl methyl sites for hydroxylation is 1. The lowest BCUT2D eigenvalue weighted by molar-refractivity contribution is 0.0694. The molecule has 0 unspecified atom stereocenters. The van der Waals surface area contributed by atoms with Gasteiger partial charge in [0.2, 0.25) is 0 Å². The summed E-state index contributed by atoms with van der Waals surface area (Å²) in [6.07, 6.45) is 7.57. The highest BCUT2D eigenvalue weighted by Crippen LogP contribution is 2.27. The lowest BCUT2D eigenvalue weighted by Gasteiger charge is -2.32. The van der Waals surface area contributed by atoms with Crippen LogP contribution in [0.2, 0.25) is 0 Å². The molecule has 1 aromatic carbocycles. The number of carbonyl (C=O) groups is 1. The van der Waals surface area contributed by atoms with Gasteiger partial charge in [0.25, 0.3) is 5.91 Å². The zero-order valence-electron chi connectivity index (χ0n) is 14.0. The lowest BCUT2D eigenvalue weighted by atomic mass is 9.90. The van der Waals surface area contributed by atoms with Gasteiger partial charge in [-0.3, -0.25) is 9.20 Å². The van der Waals surface area contributed by atoms with Crippen molar-refractivity contribution in [2.75, 3.05) is 13.1 Å². The Morgan fingerprint density at radius 3 is 2.72 bits per heavy atom. The van der Waals surface area contributed by atoms with Crippen molar-refractivity contribution in [2.45, 2.75) is 26.2 Å². The summed E-state index contributed by atoms with van der Waals surface area (Å²) in [5.74, 6) is 0.449. The van der Waals surface area contributed by atoms with Crippen molar-refractivity contribution in [2.24, 2.45) is 5.92 Å². The van der Waals surface area contributed by atoms with E-state index in [0.29, 0.717) is 5.92 Å². The molecular weight excluding hydrogens is 337 g/mol. The summed E-state index contributed by atoms with van der Waals surface area (Å²) in [4.78, 5) is 20.6. The van der Waals surface area contributed by atoms with E-state index in [-0.39, 0.29) is 11.7 Å². The Morgan fingerprint density at radius 2 is 2.04 bits per heavy atom. The minimum Gasteiger partial charge on any atom is -0.338 e. The van der Waals surface area contributed by atoms with Crippen LogP contribution in [-0.4, -0.2) is 33.3 Å². The summed E-state index contributed by atoms with van der Waals surface area (Å²) in [5, 5.41) is 0. The molecule has 0 aliphatic carbocycles. The predicted octanol–water partition coefficient (Wildman–Crippen LogP) is 3.74. The Labute approximate surface area is 149 Å². The van der Waals surface area contributed by atoms with Crippen LogP contribution in [0.25, 0.3) is 4.96 Å². The van der Waals surface area contributed by atoms with Crippen LogP contribution in [0.15, 0.2) is 30.5 Å². The summed E-state index contributed by atoms with van der Waals surface area (Å²) in [6, 6.07) is 6.74. The third-order valence-electron chi connectivity index (χ3n) is 4.94. The molecule has 25 heavy (non-hydrogen) atoms. The monoisotopic (exact) mass is 356 g/mol. The largest absolute Gasteiger partial charge is 0.338 e. The number of piperidine rings is 1. The molecule has 4 rings (SSSR count). The van der Waals surface area contributed by atoms with Crippen LogP contribution in [0.5, 0.6) is 0 Å². The standard InChI is InChI=1S/C19H19FN3OS/c1-13-17(25-19-21-8-11-23(13)19)18(24)22-9-6-15(7-10-22)12-14-2-4-16(20)5-3-14/h2-5,8,15H,6-7,9-10,12H2,1H3. The summed E-state index contributed by atoms with van der Waals surface area (Å²) in [6.45, 7) is 3.48. The molecule has 1 radical (unpaired) electrons. The maximum absolute atomic E-state index is 13.0. The van der Waals surface area contributed by atoms with Crippen LogP contribution in [0.4, 0.5) is 4.39 Å². The summed E-state index contributed by atoms with van der Waals surface area (Å²) in [7, 11) is 0. The van der Waals surface area contributed by atoms with Gasteiger partial charge in [-0.15, -0.1) is 0 Å². The highest BCUT2D eigenvalue weighted by Gasteiger charge is 2.26. The highest BCUT2D eigenvalue weighted by atomic mass is 32.1. The molecule has 0 bridgehead atoms. The van der Waals surface area contributed by atoms with Gasteiger partial charge in [-0.05, 0) is 49.8 Å². The number of amides is 1. The molecule has 0 spiro atoms. The molecule has 1 amide bonds.